The molecular formula is C15H20ClFN2O. The van der Waals surface area contributed by atoms with Crippen molar-refractivity contribution in [3.63, 3.8) is 0 Å². The van der Waals surface area contributed by atoms with Crippen LogP contribution in [-0.4, -0.2) is 37.0 Å². The summed E-state index contributed by atoms with van der Waals surface area (Å²) >= 11 is 5.79. The summed E-state index contributed by atoms with van der Waals surface area (Å²) in [5.41, 5.74) is -1.99. The number of hydrogen-bond donors (Lipinski definition) is 1. The number of alkyl halides is 1. The SMILES string of the molecule is CN(C)CC1(NC(=O)C(C)(F)c2ccc(Cl)cc2)CC1. The van der Waals surface area contributed by atoms with E-state index in [9.17, 15) is 9.18 Å². The van der Waals surface area contributed by atoms with E-state index in [0.717, 1.165) is 19.4 Å². The Morgan fingerprint density at radius 2 is 1.95 bits per heavy atom. The fraction of sp³-hybridized carbons (Fsp3) is 0.533. The van der Waals surface area contributed by atoms with Crippen LogP contribution in [0, 0.1) is 0 Å². The molecule has 0 bridgehead atoms. The summed E-state index contributed by atoms with van der Waals surface area (Å²) in [5, 5.41) is 3.39. The van der Waals surface area contributed by atoms with Crippen LogP contribution < -0.4 is 5.32 Å². The van der Waals surface area contributed by atoms with Crippen molar-refractivity contribution in [1.82, 2.24) is 10.2 Å². The molecule has 1 aromatic rings. The minimum atomic E-state index is -2.05. The van der Waals surface area contributed by atoms with Crippen LogP contribution >= 0.6 is 11.6 Å². The van der Waals surface area contributed by atoms with Crippen molar-refractivity contribution < 1.29 is 9.18 Å². The van der Waals surface area contributed by atoms with Crippen LogP contribution in [0.15, 0.2) is 24.3 Å². The molecule has 1 saturated carbocycles. The molecule has 0 aromatic heterocycles. The average Bonchev–Trinajstić information content (AvgIpc) is 3.08. The van der Waals surface area contributed by atoms with Crippen molar-refractivity contribution in [3.8, 4) is 0 Å². The molecule has 0 saturated heterocycles. The molecule has 0 heterocycles. The minimum Gasteiger partial charge on any atom is -0.346 e. The van der Waals surface area contributed by atoms with Gasteiger partial charge in [0.25, 0.3) is 5.91 Å². The van der Waals surface area contributed by atoms with Crippen LogP contribution in [0.25, 0.3) is 0 Å². The van der Waals surface area contributed by atoms with Gasteiger partial charge in [-0.15, -0.1) is 0 Å². The number of nitrogens with zero attached hydrogens (tertiary/aromatic N) is 1. The number of carbonyl (C=O) groups is 1. The number of halogens is 2. The van der Waals surface area contributed by atoms with E-state index in [4.69, 9.17) is 11.6 Å². The predicted molar refractivity (Wildman–Crippen MR) is 78.6 cm³/mol. The Morgan fingerprint density at radius 3 is 2.40 bits per heavy atom. The highest BCUT2D eigenvalue weighted by molar-refractivity contribution is 6.30. The molecule has 1 unspecified atom stereocenters. The highest BCUT2D eigenvalue weighted by Crippen LogP contribution is 2.37. The van der Waals surface area contributed by atoms with Gasteiger partial charge in [0, 0.05) is 11.6 Å². The fourth-order valence-electron chi connectivity index (χ4n) is 2.33. The molecule has 1 atom stereocenters. The molecule has 3 nitrogen and oxygen atoms in total. The zero-order valence-corrected chi connectivity index (χ0v) is 12.8. The Bertz CT molecular complexity index is 495. The van der Waals surface area contributed by atoms with E-state index in [0.29, 0.717) is 10.6 Å². The maximum atomic E-state index is 14.8. The summed E-state index contributed by atoms with van der Waals surface area (Å²) in [6.45, 7) is 2.02. The molecule has 1 N–H and O–H groups in total. The van der Waals surface area contributed by atoms with Crippen LogP contribution in [-0.2, 0) is 10.5 Å². The van der Waals surface area contributed by atoms with Gasteiger partial charge in [0.2, 0.25) is 5.67 Å². The van der Waals surface area contributed by atoms with E-state index in [-0.39, 0.29) is 5.54 Å². The second-order valence-electron chi connectivity index (χ2n) is 5.98. The predicted octanol–water partition coefficient (Wildman–Crippen LogP) is 2.74. The van der Waals surface area contributed by atoms with E-state index < -0.39 is 11.6 Å². The van der Waals surface area contributed by atoms with Crippen LogP contribution in [0.1, 0.15) is 25.3 Å². The topological polar surface area (TPSA) is 32.3 Å². The highest BCUT2D eigenvalue weighted by atomic mass is 35.5. The van der Waals surface area contributed by atoms with E-state index in [2.05, 4.69) is 5.32 Å². The molecule has 1 aliphatic carbocycles. The second-order valence-corrected chi connectivity index (χ2v) is 6.42. The maximum Gasteiger partial charge on any atom is 0.262 e. The Hall–Kier alpha value is -1.13. The van der Waals surface area contributed by atoms with Crippen molar-refractivity contribution >= 4 is 17.5 Å². The second kappa shape index (κ2) is 5.34. The molecule has 110 valence electrons. The fourth-order valence-corrected chi connectivity index (χ4v) is 2.46. The largest absolute Gasteiger partial charge is 0.346 e. The summed E-state index contributed by atoms with van der Waals surface area (Å²) in [6, 6.07) is 6.28. The Labute approximate surface area is 124 Å². The zero-order chi connectivity index (χ0) is 15.0. The van der Waals surface area contributed by atoms with Crippen molar-refractivity contribution in [1.29, 1.82) is 0 Å². The summed E-state index contributed by atoms with van der Waals surface area (Å²) in [5.74, 6) is -0.584. The summed E-state index contributed by atoms with van der Waals surface area (Å²) in [4.78, 5) is 14.3. The molecule has 0 radical (unpaired) electrons. The third-order valence-electron chi connectivity index (χ3n) is 3.66. The number of likely N-dealkylation sites (N-methyl/N-ethyl adjacent to an activating group) is 1. The molecular weight excluding hydrogens is 279 g/mol. The van der Waals surface area contributed by atoms with Gasteiger partial charge in [-0.3, -0.25) is 4.79 Å². The molecule has 5 heteroatoms. The first-order chi connectivity index (χ1) is 9.25. The Balaban J connectivity index is 2.09. The van der Waals surface area contributed by atoms with Gasteiger partial charge in [-0.2, -0.15) is 0 Å². The maximum absolute atomic E-state index is 14.8. The van der Waals surface area contributed by atoms with Gasteiger partial charge >= 0.3 is 0 Å². The normalized spacial score (nSPS) is 19.5. The van der Waals surface area contributed by atoms with E-state index in [1.165, 1.54) is 6.92 Å². The number of rotatable bonds is 5. The minimum absolute atomic E-state index is 0.264. The van der Waals surface area contributed by atoms with Crippen molar-refractivity contribution in [2.24, 2.45) is 0 Å². The third kappa shape index (κ3) is 3.30. The monoisotopic (exact) mass is 298 g/mol. The van der Waals surface area contributed by atoms with Crippen molar-refractivity contribution in [3.05, 3.63) is 34.9 Å². The number of nitrogens with one attached hydrogen (secondary N) is 1. The van der Waals surface area contributed by atoms with Gasteiger partial charge in [0.1, 0.15) is 0 Å². The van der Waals surface area contributed by atoms with Gasteiger partial charge < -0.3 is 10.2 Å². The Kier molecular flexibility index (Phi) is 4.07. The standard InChI is InChI=1S/C15H20ClFN2O/c1-14(17,11-4-6-12(16)7-5-11)13(20)18-15(8-9-15)10-19(2)3/h4-7H,8-10H2,1-3H3,(H,18,20). The van der Waals surface area contributed by atoms with Gasteiger partial charge in [-0.1, -0.05) is 23.7 Å². The lowest BCUT2D eigenvalue weighted by atomic mass is 9.96. The van der Waals surface area contributed by atoms with Gasteiger partial charge in [-0.05, 0) is 51.6 Å². The van der Waals surface area contributed by atoms with Gasteiger partial charge in [0.15, 0.2) is 0 Å². The lowest BCUT2D eigenvalue weighted by Gasteiger charge is -2.26. The van der Waals surface area contributed by atoms with Crippen LogP contribution in [0.2, 0.25) is 5.02 Å². The van der Waals surface area contributed by atoms with E-state index >= 15 is 0 Å². The quantitative estimate of drug-likeness (QED) is 0.906. The number of carbonyl (C=O) groups excluding carboxylic acids is 1. The number of benzene rings is 1. The van der Waals surface area contributed by atoms with Crippen molar-refractivity contribution in [2.75, 3.05) is 20.6 Å². The van der Waals surface area contributed by atoms with Gasteiger partial charge in [-0.25, -0.2) is 4.39 Å². The number of amides is 1. The first-order valence-electron chi connectivity index (χ1n) is 6.67. The molecule has 20 heavy (non-hydrogen) atoms. The highest BCUT2D eigenvalue weighted by Gasteiger charge is 2.48. The molecule has 0 aliphatic heterocycles. The third-order valence-corrected chi connectivity index (χ3v) is 3.92. The summed E-state index contributed by atoms with van der Waals surface area (Å²) in [6.07, 6.45) is 1.79. The lowest BCUT2D eigenvalue weighted by Crippen LogP contribution is -2.49. The van der Waals surface area contributed by atoms with E-state index in [1.807, 2.05) is 19.0 Å². The van der Waals surface area contributed by atoms with E-state index in [1.54, 1.807) is 24.3 Å². The first-order valence-corrected chi connectivity index (χ1v) is 7.05. The smallest absolute Gasteiger partial charge is 0.262 e. The molecule has 1 aromatic carbocycles. The van der Waals surface area contributed by atoms with Crippen LogP contribution in [0.3, 0.4) is 0 Å². The molecule has 0 spiro atoms. The molecule has 1 aliphatic rings. The average molecular weight is 299 g/mol. The van der Waals surface area contributed by atoms with Crippen LogP contribution in [0.5, 0.6) is 0 Å². The Morgan fingerprint density at radius 1 is 1.40 bits per heavy atom. The molecule has 2 rings (SSSR count). The zero-order valence-electron chi connectivity index (χ0n) is 12.0. The van der Waals surface area contributed by atoms with Crippen LogP contribution in [0.4, 0.5) is 4.39 Å². The van der Waals surface area contributed by atoms with Crippen molar-refractivity contribution in [2.45, 2.75) is 31.0 Å². The molecule has 1 amide bonds. The van der Waals surface area contributed by atoms with Gasteiger partial charge in [0.05, 0.1) is 5.54 Å². The lowest BCUT2D eigenvalue weighted by molar-refractivity contribution is -0.133. The summed E-state index contributed by atoms with van der Waals surface area (Å²) < 4.78 is 14.8. The molecule has 1 fully saturated rings. The summed E-state index contributed by atoms with van der Waals surface area (Å²) in [7, 11) is 3.89. The number of hydrogen-bond acceptors (Lipinski definition) is 2. The first kappa shape index (κ1) is 15.3.